The summed E-state index contributed by atoms with van der Waals surface area (Å²) in [7, 11) is 0. The van der Waals surface area contributed by atoms with Crippen molar-refractivity contribution < 1.29 is 14.7 Å². The molecule has 0 aliphatic carbocycles. The van der Waals surface area contributed by atoms with Gasteiger partial charge in [-0.1, -0.05) is 0 Å². The lowest BCUT2D eigenvalue weighted by molar-refractivity contribution is 0.0696. The van der Waals surface area contributed by atoms with Gasteiger partial charge in [-0.15, -0.1) is 0 Å². The van der Waals surface area contributed by atoms with E-state index in [1.165, 1.54) is 12.3 Å². The van der Waals surface area contributed by atoms with E-state index in [9.17, 15) is 9.59 Å². The van der Waals surface area contributed by atoms with Crippen molar-refractivity contribution in [3.8, 4) is 0 Å². The average molecular weight is 301 g/mol. The third-order valence-corrected chi connectivity index (χ3v) is 3.25. The molecular weight excluding hydrogens is 282 g/mol. The minimum absolute atomic E-state index is 0.196. The molecule has 2 N–H and O–H groups in total. The fourth-order valence-electron chi connectivity index (χ4n) is 1.99. The lowest BCUT2D eigenvalue weighted by Gasteiger charge is -2.18. The molecule has 6 nitrogen and oxygen atoms in total. The smallest absolute Gasteiger partial charge is 0.335 e. The second kappa shape index (κ2) is 5.63. The Balaban J connectivity index is 2.17. The van der Waals surface area contributed by atoms with Gasteiger partial charge in [-0.05, 0) is 51.5 Å². The molecule has 0 unspecified atom stereocenters. The maximum atomic E-state index is 12.2. The summed E-state index contributed by atoms with van der Waals surface area (Å²) in [6.07, 6.45) is 3.20. The molecule has 0 aliphatic heterocycles. The Labute approximate surface area is 128 Å². The molecule has 1 aromatic heterocycles. The second-order valence-corrected chi connectivity index (χ2v) is 6.13. The van der Waals surface area contributed by atoms with Gasteiger partial charge in [0.05, 0.1) is 22.9 Å². The van der Waals surface area contributed by atoms with Crippen LogP contribution < -0.4 is 5.32 Å². The Hall–Kier alpha value is -2.63. The van der Waals surface area contributed by atoms with Gasteiger partial charge in [0.1, 0.15) is 0 Å². The van der Waals surface area contributed by atoms with E-state index in [2.05, 4.69) is 10.4 Å². The number of hydrogen-bond donors (Lipinski definition) is 2. The molecule has 2 rings (SSSR count). The van der Waals surface area contributed by atoms with E-state index in [0.717, 1.165) is 0 Å². The summed E-state index contributed by atoms with van der Waals surface area (Å²) in [6, 6.07) is 4.68. The van der Waals surface area contributed by atoms with Gasteiger partial charge in [0.2, 0.25) is 0 Å². The van der Waals surface area contributed by atoms with Crippen molar-refractivity contribution >= 4 is 17.6 Å². The number of nitrogens with one attached hydrogen (secondary N) is 1. The molecule has 1 amide bonds. The standard InChI is InChI=1S/C16H19N3O3/c1-10-7-12(5-6-13(10)15(21)22)18-14(20)11-8-17-19(9-11)16(2,3)4/h5-9H,1-4H3,(H,18,20)(H,21,22). The maximum absolute atomic E-state index is 12.2. The molecule has 1 heterocycles. The first-order chi connectivity index (χ1) is 10.2. The van der Waals surface area contributed by atoms with Gasteiger partial charge >= 0.3 is 5.97 Å². The molecule has 0 aliphatic rings. The number of rotatable bonds is 3. The Kier molecular flexibility index (Phi) is 4.03. The molecule has 0 bridgehead atoms. The minimum Gasteiger partial charge on any atom is -0.478 e. The first-order valence-corrected chi connectivity index (χ1v) is 6.89. The summed E-state index contributed by atoms with van der Waals surface area (Å²) in [6.45, 7) is 7.68. The molecule has 22 heavy (non-hydrogen) atoms. The number of benzene rings is 1. The molecule has 2 aromatic rings. The summed E-state index contributed by atoms with van der Waals surface area (Å²) < 4.78 is 1.72. The molecule has 0 radical (unpaired) electrons. The number of carboxylic acids is 1. The quantitative estimate of drug-likeness (QED) is 0.913. The van der Waals surface area contributed by atoms with E-state index in [1.54, 1.807) is 29.9 Å². The zero-order valence-electron chi connectivity index (χ0n) is 13.0. The molecule has 0 spiro atoms. The number of aryl methyl sites for hydroxylation is 1. The second-order valence-electron chi connectivity index (χ2n) is 6.13. The largest absolute Gasteiger partial charge is 0.478 e. The van der Waals surface area contributed by atoms with E-state index < -0.39 is 5.97 Å². The zero-order valence-corrected chi connectivity index (χ0v) is 13.0. The lowest BCUT2D eigenvalue weighted by Crippen LogP contribution is -2.22. The number of nitrogens with zero attached hydrogens (tertiary/aromatic N) is 2. The number of carbonyl (C=O) groups is 2. The van der Waals surface area contributed by atoms with Gasteiger partial charge in [0.25, 0.3) is 5.91 Å². The monoisotopic (exact) mass is 301 g/mol. The Morgan fingerprint density at radius 3 is 2.45 bits per heavy atom. The van der Waals surface area contributed by atoms with Crippen molar-refractivity contribution in [3.63, 3.8) is 0 Å². The number of carboxylic acid groups (broad SMARTS) is 1. The molecule has 1 aromatic carbocycles. The van der Waals surface area contributed by atoms with E-state index in [1.807, 2.05) is 20.8 Å². The number of amides is 1. The number of aromatic carboxylic acids is 1. The van der Waals surface area contributed by atoms with Crippen LogP contribution in [-0.4, -0.2) is 26.8 Å². The van der Waals surface area contributed by atoms with E-state index in [-0.39, 0.29) is 17.0 Å². The summed E-state index contributed by atoms with van der Waals surface area (Å²) >= 11 is 0. The van der Waals surface area contributed by atoms with Gasteiger partial charge in [-0.2, -0.15) is 5.10 Å². The number of anilines is 1. The van der Waals surface area contributed by atoms with Crippen LogP contribution in [0.3, 0.4) is 0 Å². The molecule has 0 saturated heterocycles. The fourth-order valence-corrected chi connectivity index (χ4v) is 1.99. The van der Waals surface area contributed by atoms with Crippen molar-refractivity contribution in [3.05, 3.63) is 47.3 Å². The summed E-state index contributed by atoms with van der Waals surface area (Å²) in [5, 5.41) is 15.9. The number of carbonyl (C=O) groups excluding carboxylic acids is 1. The number of hydrogen-bond acceptors (Lipinski definition) is 3. The van der Waals surface area contributed by atoms with Crippen molar-refractivity contribution in [2.75, 3.05) is 5.32 Å². The Bertz CT molecular complexity index is 726. The van der Waals surface area contributed by atoms with Crippen LogP contribution in [-0.2, 0) is 5.54 Å². The Morgan fingerprint density at radius 2 is 1.95 bits per heavy atom. The molecule has 116 valence electrons. The molecule has 0 saturated carbocycles. The highest BCUT2D eigenvalue weighted by Gasteiger charge is 2.17. The highest BCUT2D eigenvalue weighted by Crippen LogP contribution is 2.17. The van der Waals surface area contributed by atoms with E-state index in [4.69, 9.17) is 5.11 Å². The fraction of sp³-hybridized carbons (Fsp3) is 0.312. The summed E-state index contributed by atoms with van der Waals surface area (Å²) in [5.74, 6) is -1.26. The predicted octanol–water partition coefficient (Wildman–Crippen LogP) is 2.90. The van der Waals surface area contributed by atoms with Crippen LogP contribution >= 0.6 is 0 Å². The van der Waals surface area contributed by atoms with Gasteiger partial charge in [-0.25, -0.2) is 4.79 Å². The third-order valence-electron chi connectivity index (χ3n) is 3.25. The molecule has 0 fully saturated rings. The minimum atomic E-state index is -0.984. The summed E-state index contributed by atoms with van der Waals surface area (Å²) in [5.41, 5.74) is 1.62. The lowest BCUT2D eigenvalue weighted by atomic mass is 10.1. The topological polar surface area (TPSA) is 84.2 Å². The van der Waals surface area contributed by atoms with Gasteiger partial charge in [0.15, 0.2) is 0 Å². The van der Waals surface area contributed by atoms with Gasteiger partial charge in [-0.3, -0.25) is 9.48 Å². The van der Waals surface area contributed by atoms with Crippen LogP contribution in [0.2, 0.25) is 0 Å². The molecular formula is C16H19N3O3. The highest BCUT2D eigenvalue weighted by molar-refractivity contribution is 6.04. The first-order valence-electron chi connectivity index (χ1n) is 6.89. The maximum Gasteiger partial charge on any atom is 0.335 e. The Morgan fingerprint density at radius 1 is 1.27 bits per heavy atom. The van der Waals surface area contributed by atoms with Crippen molar-refractivity contribution in [1.29, 1.82) is 0 Å². The normalized spacial score (nSPS) is 11.3. The van der Waals surface area contributed by atoms with Gasteiger partial charge < -0.3 is 10.4 Å². The molecule has 6 heteroatoms. The first kappa shape index (κ1) is 15.8. The predicted molar refractivity (Wildman–Crippen MR) is 83.3 cm³/mol. The van der Waals surface area contributed by atoms with Crippen LogP contribution in [0, 0.1) is 6.92 Å². The van der Waals surface area contributed by atoms with Crippen molar-refractivity contribution in [2.24, 2.45) is 0 Å². The SMILES string of the molecule is Cc1cc(NC(=O)c2cnn(C(C)(C)C)c2)ccc1C(=O)O. The van der Waals surface area contributed by atoms with Crippen LogP contribution in [0.5, 0.6) is 0 Å². The molecule has 0 atom stereocenters. The average Bonchev–Trinajstić information content (AvgIpc) is 2.87. The van der Waals surface area contributed by atoms with Crippen molar-refractivity contribution in [2.45, 2.75) is 33.2 Å². The highest BCUT2D eigenvalue weighted by atomic mass is 16.4. The van der Waals surface area contributed by atoms with Crippen LogP contribution in [0.25, 0.3) is 0 Å². The zero-order chi connectivity index (χ0) is 16.5. The summed E-state index contributed by atoms with van der Waals surface area (Å²) in [4.78, 5) is 23.2. The van der Waals surface area contributed by atoms with E-state index >= 15 is 0 Å². The van der Waals surface area contributed by atoms with Crippen LogP contribution in [0.1, 0.15) is 47.1 Å². The van der Waals surface area contributed by atoms with Crippen LogP contribution in [0.4, 0.5) is 5.69 Å². The third kappa shape index (κ3) is 3.33. The van der Waals surface area contributed by atoms with Crippen LogP contribution in [0.15, 0.2) is 30.6 Å². The van der Waals surface area contributed by atoms with E-state index in [0.29, 0.717) is 16.8 Å². The van der Waals surface area contributed by atoms with Crippen molar-refractivity contribution in [1.82, 2.24) is 9.78 Å². The number of aromatic nitrogens is 2. The van der Waals surface area contributed by atoms with Gasteiger partial charge in [0, 0.05) is 11.9 Å².